The molecule has 8 heteroatoms. The first-order valence-corrected chi connectivity index (χ1v) is 9.23. The van der Waals surface area contributed by atoms with Gasteiger partial charge in [-0.3, -0.25) is 9.67 Å². The molecule has 0 aromatic carbocycles. The molecule has 4 N–H and O–H groups in total. The van der Waals surface area contributed by atoms with Gasteiger partial charge in [-0.2, -0.15) is 5.10 Å². The van der Waals surface area contributed by atoms with Crippen LogP contribution in [0.1, 0.15) is 38.6 Å². The van der Waals surface area contributed by atoms with Crippen molar-refractivity contribution in [3.63, 3.8) is 0 Å². The first-order chi connectivity index (χ1) is 12.7. The van der Waals surface area contributed by atoms with E-state index >= 15 is 0 Å². The van der Waals surface area contributed by atoms with Crippen LogP contribution >= 0.6 is 11.6 Å². The minimum Gasteiger partial charge on any atom is -0.404 e. The van der Waals surface area contributed by atoms with Crippen LogP contribution in [0.4, 0.5) is 0 Å². The average Bonchev–Trinajstić information content (AvgIpc) is 2.94. The number of aromatic nitrogens is 2. The SMILES string of the molecule is CN=CC(=CN)c1nn2c(c1Cl)C1=CCC(C(O)O)=CN1[C@H](C(C)(C)C)C2. The topological polar surface area (TPSA) is 99.9 Å². The molecule has 0 amide bonds. The number of aliphatic hydroxyl groups is 2. The molecule has 3 heterocycles. The fourth-order valence-corrected chi connectivity index (χ4v) is 3.88. The molecular formula is C19H26ClN5O2. The zero-order chi connectivity index (χ0) is 19.9. The first-order valence-electron chi connectivity index (χ1n) is 8.85. The molecule has 0 aliphatic carbocycles. The van der Waals surface area contributed by atoms with Gasteiger partial charge in [-0.15, -0.1) is 0 Å². The second-order valence-electron chi connectivity index (χ2n) is 7.86. The molecule has 0 bridgehead atoms. The summed E-state index contributed by atoms with van der Waals surface area (Å²) in [7, 11) is 1.67. The summed E-state index contributed by atoms with van der Waals surface area (Å²) in [6.07, 6.45) is 5.84. The van der Waals surface area contributed by atoms with E-state index in [-0.39, 0.29) is 11.5 Å². The molecular weight excluding hydrogens is 366 g/mol. The molecule has 0 fully saturated rings. The van der Waals surface area contributed by atoms with Gasteiger partial charge in [0, 0.05) is 36.8 Å². The molecule has 3 rings (SSSR count). The second-order valence-corrected chi connectivity index (χ2v) is 8.24. The van der Waals surface area contributed by atoms with E-state index in [1.807, 2.05) is 17.0 Å². The van der Waals surface area contributed by atoms with Crippen LogP contribution in [0, 0.1) is 5.41 Å². The zero-order valence-corrected chi connectivity index (χ0v) is 16.8. The number of fused-ring (bicyclic) bond motifs is 3. The van der Waals surface area contributed by atoms with Gasteiger partial charge in [0.1, 0.15) is 11.4 Å². The van der Waals surface area contributed by atoms with Crippen LogP contribution in [0.3, 0.4) is 0 Å². The van der Waals surface area contributed by atoms with Crippen LogP contribution in [-0.2, 0) is 6.54 Å². The summed E-state index contributed by atoms with van der Waals surface area (Å²) in [4.78, 5) is 6.11. The van der Waals surface area contributed by atoms with Crippen LogP contribution in [0.25, 0.3) is 11.3 Å². The predicted molar refractivity (Wildman–Crippen MR) is 108 cm³/mol. The fourth-order valence-electron chi connectivity index (χ4n) is 3.54. The number of nitrogens with zero attached hydrogens (tertiary/aromatic N) is 4. The summed E-state index contributed by atoms with van der Waals surface area (Å²) in [6.45, 7) is 7.07. The third-order valence-corrected chi connectivity index (χ3v) is 5.34. The van der Waals surface area contributed by atoms with Gasteiger partial charge in [0.25, 0.3) is 0 Å². The van der Waals surface area contributed by atoms with E-state index in [4.69, 9.17) is 22.4 Å². The summed E-state index contributed by atoms with van der Waals surface area (Å²) in [5, 5.41) is 24.5. The predicted octanol–water partition coefficient (Wildman–Crippen LogP) is 2.21. The molecule has 2 aliphatic heterocycles. The first kappa shape index (κ1) is 19.7. The van der Waals surface area contributed by atoms with E-state index in [9.17, 15) is 10.2 Å². The van der Waals surface area contributed by atoms with Gasteiger partial charge in [0.05, 0.1) is 23.3 Å². The summed E-state index contributed by atoms with van der Waals surface area (Å²) in [5.41, 5.74) is 9.19. The monoisotopic (exact) mass is 391 g/mol. The van der Waals surface area contributed by atoms with Gasteiger partial charge in [0.15, 0.2) is 6.29 Å². The molecule has 0 saturated heterocycles. The number of nitrogens with two attached hydrogens (primary N) is 1. The highest BCUT2D eigenvalue weighted by molar-refractivity contribution is 6.35. The minimum atomic E-state index is -1.48. The van der Waals surface area contributed by atoms with E-state index in [2.05, 4.69) is 30.7 Å². The van der Waals surface area contributed by atoms with Gasteiger partial charge in [-0.25, -0.2) is 0 Å². The third-order valence-electron chi connectivity index (χ3n) is 4.99. The Morgan fingerprint density at radius 2 is 2.15 bits per heavy atom. The quantitative estimate of drug-likeness (QED) is 0.541. The molecule has 1 aromatic rings. The van der Waals surface area contributed by atoms with Crippen molar-refractivity contribution in [2.24, 2.45) is 16.1 Å². The van der Waals surface area contributed by atoms with Gasteiger partial charge < -0.3 is 20.8 Å². The Hall–Kier alpha value is -2.09. The fraction of sp³-hybridized carbons (Fsp3) is 0.474. The van der Waals surface area contributed by atoms with Crippen molar-refractivity contribution in [2.45, 2.75) is 46.1 Å². The lowest BCUT2D eigenvalue weighted by Gasteiger charge is -2.46. The van der Waals surface area contributed by atoms with Crippen molar-refractivity contribution in [1.29, 1.82) is 0 Å². The number of aliphatic imine (C=N–C) groups is 1. The lowest BCUT2D eigenvalue weighted by molar-refractivity contribution is -0.0114. The number of halogens is 1. The molecule has 0 spiro atoms. The minimum absolute atomic E-state index is 0.0688. The molecule has 1 atom stereocenters. The Balaban J connectivity index is 2.16. The highest BCUT2D eigenvalue weighted by Crippen LogP contribution is 2.43. The highest BCUT2D eigenvalue weighted by Gasteiger charge is 2.40. The normalized spacial score (nSPS) is 20.7. The van der Waals surface area contributed by atoms with Crippen LogP contribution in [-0.4, -0.2) is 50.5 Å². The van der Waals surface area contributed by atoms with E-state index < -0.39 is 6.29 Å². The van der Waals surface area contributed by atoms with Gasteiger partial charge in [0.2, 0.25) is 0 Å². The smallest absolute Gasteiger partial charge is 0.176 e. The standard InChI is InChI=1S/C19H26ClN5O2/c1-19(2,3)14-10-25-17(13-6-5-11(18(26)27)9-24(13)14)15(20)16(23-25)12(7-21)8-22-4/h6-9,14,18,26-27H,5,10,21H2,1-4H3/t14-/m0/s1. The van der Waals surface area contributed by atoms with Crippen LogP contribution in [0.2, 0.25) is 5.02 Å². The Labute approximate surface area is 164 Å². The molecule has 0 unspecified atom stereocenters. The maximum absolute atomic E-state index is 9.63. The number of allylic oxidation sites excluding steroid dienone is 2. The van der Waals surface area contributed by atoms with Crippen molar-refractivity contribution >= 4 is 29.1 Å². The van der Waals surface area contributed by atoms with Crippen molar-refractivity contribution in [3.8, 4) is 0 Å². The van der Waals surface area contributed by atoms with E-state index in [1.54, 1.807) is 13.3 Å². The van der Waals surface area contributed by atoms with Crippen LogP contribution < -0.4 is 5.73 Å². The van der Waals surface area contributed by atoms with Crippen molar-refractivity contribution in [3.05, 3.63) is 40.5 Å². The number of hydrogen-bond donors (Lipinski definition) is 3. The highest BCUT2D eigenvalue weighted by atomic mass is 35.5. The van der Waals surface area contributed by atoms with Gasteiger partial charge in [-0.1, -0.05) is 38.4 Å². The van der Waals surface area contributed by atoms with Gasteiger partial charge >= 0.3 is 0 Å². The summed E-state index contributed by atoms with van der Waals surface area (Å²) in [5.74, 6) is 0. The average molecular weight is 392 g/mol. The maximum Gasteiger partial charge on any atom is 0.176 e. The molecule has 27 heavy (non-hydrogen) atoms. The lowest BCUT2D eigenvalue weighted by atomic mass is 9.83. The summed E-state index contributed by atoms with van der Waals surface area (Å²) >= 11 is 6.70. The molecule has 7 nitrogen and oxygen atoms in total. The van der Waals surface area contributed by atoms with E-state index in [0.29, 0.717) is 34.8 Å². The molecule has 2 aliphatic rings. The summed E-state index contributed by atoms with van der Waals surface area (Å²) < 4.78 is 1.91. The number of rotatable bonds is 3. The Morgan fingerprint density at radius 3 is 2.70 bits per heavy atom. The maximum atomic E-state index is 9.63. The Morgan fingerprint density at radius 1 is 1.44 bits per heavy atom. The van der Waals surface area contributed by atoms with E-state index in [1.165, 1.54) is 6.20 Å². The third kappa shape index (κ3) is 3.42. The van der Waals surface area contributed by atoms with Crippen molar-refractivity contribution in [1.82, 2.24) is 14.7 Å². The van der Waals surface area contributed by atoms with Crippen molar-refractivity contribution < 1.29 is 10.2 Å². The van der Waals surface area contributed by atoms with Crippen LogP contribution in [0.15, 0.2) is 29.0 Å². The van der Waals surface area contributed by atoms with Crippen molar-refractivity contribution in [2.75, 3.05) is 7.05 Å². The number of hydrogen-bond acceptors (Lipinski definition) is 6. The van der Waals surface area contributed by atoms with E-state index in [0.717, 1.165) is 11.4 Å². The summed E-state index contributed by atoms with van der Waals surface area (Å²) in [6, 6.07) is 0.0688. The molecule has 1 aromatic heterocycles. The largest absolute Gasteiger partial charge is 0.404 e. The molecule has 0 saturated carbocycles. The van der Waals surface area contributed by atoms with Crippen LogP contribution in [0.5, 0.6) is 0 Å². The second kappa shape index (κ2) is 7.14. The Bertz CT molecular complexity index is 858. The lowest BCUT2D eigenvalue weighted by Crippen LogP contribution is -2.48. The molecule has 146 valence electrons. The zero-order valence-electron chi connectivity index (χ0n) is 16.0. The Kier molecular flexibility index (Phi) is 5.20. The number of aliphatic hydroxyl groups excluding tert-OH is 1. The molecule has 0 radical (unpaired) electrons. The van der Waals surface area contributed by atoms with Gasteiger partial charge in [-0.05, 0) is 11.8 Å².